The van der Waals surface area contributed by atoms with Crippen molar-refractivity contribution in [2.45, 2.75) is 40.2 Å². The third-order valence-corrected chi connectivity index (χ3v) is 5.22. The number of rotatable bonds is 6. The number of aromatic amines is 1. The first-order chi connectivity index (χ1) is 14.7. The van der Waals surface area contributed by atoms with Crippen molar-refractivity contribution in [1.29, 1.82) is 0 Å². The Morgan fingerprint density at radius 1 is 1.19 bits per heavy atom. The van der Waals surface area contributed by atoms with E-state index >= 15 is 0 Å². The van der Waals surface area contributed by atoms with Gasteiger partial charge in [0.2, 0.25) is 5.78 Å². The van der Waals surface area contributed by atoms with Crippen LogP contribution in [0.1, 0.15) is 57.9 Å². The Bertz CT molecular complexity index is 1070. The summed E-state index contributed by atoms with van der Waals surface area (Å²) in [6.45, 7) is 7.38. The normalized spacial score (nSPS) is 14.2. The molecule has 0 bridgehead atoms. The Hall–Kier alpha value is -3.06. The molecule has 1 aliphatic heterocycles. The molecule has 1 aliphatic rings. The van der Waals surface area contributed by atoms with Crippen LogP contribution in [0.15, 0.2) is 18.2 Å². The number of carbonyl (C=O) groups excluding carboxylic acids is 3. The van der Waals surface area contributed by atoms with Crippen LogP contribution < -0.4 is 9.47 Å². The number of hydrogen-bond acceptors (Lipinski definition) is 6. The SMILES string of the molecule is CC(=O)c1c(C)[nH]c(C(=O)C(C)OC(=O)/C=C/c2cc(Cl)c3c(c2)OCCCO3)c1C. The molecule has 1 N–H and O–H groups in total. The Labute approximate surface area is 185 Å². The molecule has 1 aromatic carbocycles. The fourth-order valence-corrected chi connectivity index (χ4v) is 3.78. The van der Waals surface area contributed by atoms with E-state index in [2.05, 4.69) is 4.98 Å². The van der Waals surface area contributed by atoms with Crippen molar-refractivity contribution in [3.8, 4) is 11.5 Å². The van der Waals surface area contributed by atoms with E-state index in [4.69, 9.17) is 25.8 Å². The summed E-state index contributed by atoms with van der Waals surface area (Å²) in [6.07, 6.45) is 2.47. The molecule has 0 fully saturated rings. The fraction of sp³-hybridized carbons (Fsp3) is 0.348. The van der Waals surface area contributed by atoms with Gasteiger partial charge in [-0.1, -0.05) is 11.6 Å². The Kier molecular flexibility index (Phi) is 6.85. The summed E-state index contributed by atoms with van der Waals surface area (Å²) in [4.78, 5) is 39.6. The first-order valence-electron chi connectivity index (χ1n) is 9.91. The van der Waals surface area contributed by atoms with Crippen LogP contribution in [-0.2, 0) is 9.53 Å². The third kappa shape index (κ3) is 4.99. The Morgan fingerprint density at radius 3 is 2.58 bits per heavy atom. The molecule has 0 spiro atoms. The van der Waals surface area contributed by atoms with E-state index in [1.165, 1.54) is 26.0 Å². The maximum Gasteiger partial charge on any atom is 0.331 e. The van der Waals surface area contributed by atoms with Crippen LogP contribution in [0.5, 0.6) is 11.5 Å². The van der Waals surface area contributed by atoms with Crippen LogP contribution in [-0.4, -0.2) is 41.8 Å². The van der Waals surface area contributed by atoms with Gasteiger partial charge < -0.3 is 19.2 Å². The molecular weight excluding hydrogens is 422 g/mol. The molecule has 0 saturated heterocycles. The average molecular weight is 446 g/mol. The van der Waals surface area contributed by atoms with E-state index in [9.17, 15) is 14.4 Å². The summed E-state index contributed by atoms with van der Waals surface area (Å²) in [5.74, 6) is -0.225. The smallest absolute Gasteiger partial charge is 0.331 e. The van der Waals surface area contributed by atoms with Crippen LogP contribution in [0.3, 0.4) is 0 Å². The summed E-state index contributed by atoms with van der Waals surface area (Å²) in [7, 11) is 0. The van der Waals surface area contributed by atoms with E-state index in [0.29, 0.717) is 52.1 Å². The lowest BCUT2D eigenvalue weighted by Gasteiger charge is -2.11. The molecule has 0 radical (unpaired) electrons. The molecule has 2 heterocycles. The molecule has 1 atom stereocenters. The molecule has 0 aliphatic carbocycles. The first-order valence-corrected chi connectivity index (χ1v) is 10.3. The van der Waals surface area contributed by atoms with Gasteiger partial charge in [0.05, 0.1) is 23.9 Å². The molecule has 1 aromatic heterocycles. The van der Waals surface area contributed by atoms with Gasteiger partial charge in [-0.05, 0) is 57.0 Å². The Morgan fingerprint density at radius 2 is 1.90 bits per heavy atom. The van der Waals surface area contributed by atoms with Gasteiger partial charge in [-0.2, -0.15) is 0 Å². The standard InChI is InChI=1S/C23H24ClNO6/c1-12-20(14(3)26)13(2)25-21(12)22(28)15(4)31-19(27)7-6-16-10-17(24)23-18(11-16)29-8-5-9-30-23/h6-7,10-11,15,25H,5,8-9H2,1-4H3/b7-6+. The highest BCUT2D eigenvalue weighted by atomic mass is 35.5. The number of aromatic nitrogens is 1. The molecule has 7 nitrogen and oxygen atoms in total. The van der Waals surface area contributed by atoms with Gasteiger partial charge in [-0.15, -0.1) is 0 Å². The monoisotopic (exact) mass is 445 g/mol. The largest absolute Gasteiger partial charge is 0.489 e. The number of halogens is 1. The van der Waals surface area contributed by atoms with E-state index in [1.54, 1.807) is 26.0 Å². The number of carbonyl (C=O) groups is 3. The van der Waals surface area contributed by atoms with Crippen LogP contribution in [0.2, 0.25) is 5.02 Å². The lowest BCUT2D eigenvalue weighted by Crippen LogP contribution is -2.24. The number of nitrogens with one attached hydrogen (secondary N) is 1. The van der Waals surface area contributed by atoms with Gasteiger partial charge in [0.25, 0.3) is 0 Å². The zero-order valence-corrected chi connectivity index (χ0v) is 18.6. The second kappa shape index (κ2) is 9.39. The molecule has 0 amide bonds. The summed E-state index contributed by atoms with van der Waals surface area (Å²) in [5, 5.41) is 0.384. The van der Waals surface area contributed by atoms with Crippen LogP contribution in [0, 0.1) is 13.8 Å². The van der Waals surface area contributed by atoms with Crippen LogP contribution >= 0.6 is 11.6 Å². The third-order valence-electron chi connectivity index (χ3n) is 4.93. The number of ketones is 2. The minimum absolute atomic E-state index is 0.133. The summed E-state index contributed by atoms with van der Waals surface area (Å²) < 4.78 is 16.5. The highest BCUT2D eigenvalue weighted by Crippen LogP contribution is 2.38. The summed E-state index contributed by atoms with van der Waals surface area (Å²) >= 11 is 6.25. The lowest BCUT2D eigenvalue weighted by molar-refractivity contribution is -0.140. The van der Waals surface area contributed by atoms with Gasteiger partial charge >= 0.3 is 5.97 Å². The van der Waals surface area contributed by atoms with Crippen molar-refractivity contribution in [3.63, 3.8) is 0 Å². The molecule has 164 valence electrons. The van der Waals surface area contributed by atoms with Crippen molar-refractivity contribution in [1.82, 2.24) is 4.98 Å². The predicted octanol–water partition coefficient (Wildman–Crippen LogP) is 4.48. The van der Waals surface area contributed by atoms with Crippen molar-refractivity contribution >= 4 is 35.2 Å². The van der Waals surface area contributed by atoms with Gasteiger partial charge in [0.1, 0.15) is 0 Å². The van der Waals surface area contributed by atoms with Crippen LogP contribution in [0.4, 0.5) is 0 Å². The number of H-pyrrole nitrogens is 1. The molecule has 0 saturated carbocycles. The zero-order valence-electron chi connectivity index (χ0n) is 17.8. The number of hydrogen-bond donors (Lipinski definition) is 1. The Balaban J connectivity index is 1.69. The van der Waals surface area contributed by atoms with Gasteiger partial charge in [-0.25, -0.2) is 4.79 Å². The highest BCUT2D eigenvalue weighted by Gasteiger charge is 2.25. The number of ether oxygens (including phenoxy) is 3. The number of benzene rings is 1. The average Bonchev–Trinajstić information content (AvgIpc) is 2.86. The summed E-state index contributed by atoms with van der Waals surface area (Å²) in [5.41, 5.74) is 2.54. The van der Waals surface area contributed by atoms with Crippen molar-refractivity contribution in [3.05, 3.63) is 51.3 Å². The molecule has 2 aromatic rings. The van der Waals surface area contributed by atoms with E-state index < -0.39 is 17.9 Å². The van der Waals surface area contributed by atoms with Crippen molar-refractivity contribution in [2.24, 2.45) is 0 Å². The maximum absolute atomic E-state index is 12.7. The molecule has 1 unspecified atom stereocenters. The summed E-state index contributed by atoms with van der Waals surface area (Å²) in [6, 6.07) is 3.38. The predicted molar refractivity (Wildman–Crippen MR) is 116 cm³/mol. The molecule has 8 heteroatoms. The van der Waals surface area contributed by atoms with Crippen molar-refractivity contribution < 1.29 is 28.6 Å². The number of aryl methyl sites for hydroxylation is 1. The fourth-order valence-electron chi connectivity index (χ4n) is 3.51. The highest BCUT2D eigenvalue weighted by molar-refractivity contribution is 6.32. The second-order valence-electron chi connectivity index (χ2n) is 7.34. The molecule has 3 rings (SSSR count). The lowest BCUT2D eigenvalue weighted by atomic mass is 10.0. The van der Waals surface area contributed by atoms with Gasteiger partial charge in [0, 0.05) is 23.8 Å². The van der Waals surface area contributed by atoms with E-state index in [0.717, 1.165) is 6.42 Å². The van der Waals surface area contributed by atoms with E-state index in [1.807, 2.05) is 0 Å². The zero-order chi connectivity index (χ0) is 22.7. The number of fused-ring (bicyclic) bond motifs is 1. The second-order valence-corrected chi connectivity index (χ2v) is 7.75. The number of Topliss-reactive ketones (excluding diaryl/α,β-unsaturated/α-hetero) is 2. The number of esters is 1. The van der Waals surface area contributed by atoms with E-state index in [-0.39, 0.29) is 11.5 Å². The minimum Gasteiger partial charge on any atom is -0.489 e. The van der Waals surface area contributed by atoms with Crippen molar-refractivity contribution in [2.75, 3.05) is 13.2 Å². The minimum atomic E-state index is -1.03. The molecular formula is C23H24ClNO6. The maximum atomic E-state index is 12.7. The molecule has 31 heavy (non-hydrogen) atoms. The topological polar surface area (TPSA) is 94.7 Å². The van der Waals surface area contributed by atoms with Gasteiger partial charge in [-0.3, -0.25) is 9.59 Å². The van der Waals surface area contributed by atoms with Gasteiger partial charge in [0.15, 0.2) is 23.4 Å². The van der Waals surface area contributed by atoms with Crippen LogP contribution in [0.25, 0.3) is 6.08 Å². The quantitative estimate of drug-likeness (QED) is 0.400. The first kappa shape index (κ1) is 22.6.